The summed E-state index contributed by atoms with van der Waals surface area (Å²) in [4.78, 5) is 23.5. The smallest absolute Gasteiger partial charge is 0.298 e. The largest absolute Gasteiger partial charge is 0.417 e. The first-order valence-corrected chi connectivity index (χ1v) is 6.70. The van der Waals surface area contributed by atoms with Gasteiger partial charge in [0.15, 0.2) is 6.29 Å². The maximum atomic E-state index is 13.2. The van der Waals surface area contributed by atoms with Crippen LogP contribution in [0, 0.1) is 0 Å². The lowest BCUT2D eigenvalue weighted by atomic mass is 10.1. The number of hydrogen-bond acceptors (Lipinski definition) is 2. The van der Waals surface area contributed by atoms with Crippen molar-refractivity contribution in [2.24, 2.45) is 0 Å². The molecule has 23 heavy (non-hydrogen) atoms. The van der Waals surface area contributed by atoms with Gasteiger partial charge in [-0.3, -0.25) is 14.2 Å². The molecular weight excluding hydrogens is 307 g/mol. The normalized spacial score (nSPS) is 11.6. The third-order valence-corrected chi connectivity index (χ3v) is 3.53. The van der Waals surface area contributed by atoms with Gasteiger partial charge in [-0.05, 0) is 18.2 Å². The van der Waals surface area contributed by atoms with Gasteiger partial charge in [0, 0.05) is 17.0 Å². The summed E-state index contributed by atoms with van der Waals surface area (Å²) in [6, 6.07) is 12.5. The first-order valence-electron chi connectivity index (χ1n) is 6.70. The minimum Gasteiger partial charge on any atom is -0.298 e. The second-order valence-electron chi connectivity index (χ2n) is 4.92. The summed E-state index contributed by atoms with van der Waals surface area (Å²) in [7, 11) is 0. The Morgan fingerprint density at radius 2 is 1.61 bits per heavy atom. The van der Waals surface area contributed by atoms with E-state index in [0.29, 0.717) is 12.4 Å². The average molecular weight is 317 g/mol. The Bertz CT molecular complexity index is 958. The molecule has 3 aromatic rings. The van der Waals surface area contributed by atoms with E-state index in [2.05, 4.69) is 0 Å². The van der Waals surface area contributed by atoms with Gasteiger partial charge in [0.2, 0.25) is 0 Å². The molecule has 0 radical (unpaired) electrons. The van der Waals surface area contributed by atoms with E-state index in [1.807, 2.05) is 0 Å². The van der Waals surface area contributed by atoms with Crippen LogP contribution in [-0.4, -0.2) is 10.9 Å². The number of aromatic nitrogens is 1. The number of pyridine rings is 1. The van der Waals surface area contributed by atoms with E-state index in [1.54, 1.807) is 18.2 Å². The van der Waals surface area contributed by atoms with Crippen LogP contribution in [-0.2, 0) is 6.18 Å². The van der Waals surface area contributed by atoms with Crippen LogP contribution in [0.1, 0.15) is 15.9 Å². The van der Waals surface area contributed by atoms with Gasteiger partial charge in [0.05, 0.1) is 16.8 Å². The summed E-state index contributed by atoms with van der Waals surface area (Å²) < 4.78 is 40.6. The highest BCUT2D eigenvalue weighted by atomic mass is 19.4. The third-order valence-electron chi connectivity index (χ3n) is 3.53. The summed E-state index contributed by atoms with van der Waals surface area (Å²) in [5, 5.41) is -0.0969. The van der Waals surface area contributed by atoms with Gasteiger partial charge in [-0.2, -0.15) is 13.2 Å². The van der Waals surface area contributed by atoms with Gasteiger partial charge >= 0.3 is 6.18 Å². The van der Waals surface area contributed by atoms with Gasteiger partial charge < -0.3 is 0 Å². The Balaban J connectivity index is 2.47. The van der Waals surface area contributed by atoms with Gasteiger partial charge in [0.25, 0.3) is 5.56 Å². The lowest BCUT2D eigenvalue weighted by molar-refractivity contribution is -0.136. The van der Waals surface area contributed by atoms with Crippen molar-refractivity contribution in [3.05, 3.63) is 76.1 Å². The number of aldehydes is 1. The number of carbonyl (C=O) groups is 1. The van der Waals surface area contributed by atoms with Gasteiger partial charge in [0.1, 0.15) is 0 Å². The number of rotatable bonds is 2. The molecule has 0 saturated heterocycles. The van der Waals surface area contributed by atoms with Crippen molar-refractivity contribution in [2.75, 3.05) is 0 Å². The zero-order valence-electron chi connectivity index (χ0n) is 11.7. The highest BCUT2D eigenvalue weighted by Gasteiger charge is 2.34. The highest BCUT2D eigenvalue weighted by Crippen LogP contribution is 2.34. The lowest BCUT2D eigenvalue weighted by Crippen LogP contribution is -2.22. The molecule has 0 atom stereocenters. The van der Waals surface area contributed by atoms with E-state index in [1.165, 1.54) is 30.3 Å². The topological polar surface area (TPSA) is 39.1 Å². The number of fused-ring (bicyclic) bond motifs is 1. The molecule has 0 spiro atoms. The Labute approximate surface area is 128 Å². The van der Waals surface area contributed by atoms with Gasteiger partial charge in [-0.25, -0.2) is 0 Å². The standard InChI is InChI=1S/C17H10F3NO2/c18-17(19,20)13-9-16(23)21(15-8-4-2-6-12(13)15)14-7-3-1-5-11(14)10-22/h1-10H. The van der Waals surface area contributed by atoms with Gasteiger partial charge in [-0.1, -0.05) is 30.3 Å². The Morgan fingerprint density at radius 3 is 2.30 bits per heavy atom. The van der Waals surface area contributed by atoms with Gasteiger partial charge in [-0.15, -0.1) is 0 Å². The predicted octanol–water partition coefficient (Wildman–Crippen LogP) is 3.82. The van der Waals surface area contributed by atoms with Crippen molar-refractivity contribution in [1.29, 1.82) is 0 Å². The summed E-state index contributed by atoms with van der Waals surface area (Å²) in [5.41, 5.74) is -1.26. The fourth-order valence-corrected chi connectivity index (χ4v) is 2.55. The SMILES string of the molecule is O=Cc1ccccc1-n1c(=O)cc(C(F)(F)F)c2ccccc21. The van der Waals surface area contributed by atoms with Crippen molar-refractivity contribution in [2.45, 2.75) is 6.18 Å². The fraction of sp³-hybridized carbons (Fsp3) is 0.0588. The van der Waals surface area contributed by atoms with Crippen molar-refractivity contribution in [3.8, 4) is 5.69 Å². The molecule has 116 valence electrons. The molecule has 0 saturated carbocycles. The molecule has 0 fully saturated rings. The zero-order valence-corrected chi connectivity index (χ0v) is 11.7. The van der Waals surface area contributed by atoms with Crippen LogP contribution < -0.4 is 5.56 Å². The minimum absolute atomic E-state index is 0.0969. The van der Waals surface area contributed by atoms with Crippen LogP contribution >= 0.6 is 0 Å². The highest BCUT2D eigenvalue weighted by molar-refractivity contribution is 5.87. The fourth-order valence-electron chi connectivity index (χ4n) is 2.55. The molecule has 0 bridgehead atoms. The van der Waals surface area contributed by atoms with Crippen LogP contribution in [0.3, 0.4) is 0 Å². The molecule has 0 N–H and O–H groups in total. The van der Waals surface area contributed by atoms with Crippen LogP contribution in [0.4, 0.5) is 13.2 Å². The zero-order chi connectivity index (χ0) is 16.6. The van der Waals surface area contributed by atoms with E-state index in [0.717, 1.165) is 4.57 Å². The van der Waals surface area contributed by atoms with E-state index in [9.17, 15) is 22.8 Å². The van der Waals surface area contributed by atoms with Crippen LogP contribution in [0.15, 0.2) is 59.4 Å². The molecule has 6 heteroatoms. The number of benzene rings is 2. The maximum Gasteiger partial charge on any atom is 0.417 e. The van der Waals surface area contributed by atoms with E-state index in [4.69, 9.17) is 0 Å². The quantitative estimate of drug-likeness (QED) is 0.674. The predicted molar refractivity (Wildman–Crippen MR) is 79.9 cm³/mol. The Morgan fingerprint density at radius 1 is 0.957 bits per heavy atom. The van der Waals surface area contributed by atoms with Crippen LogP contribution in [0.25, 0.3) is 16.6 Å². The minimum atomic E-state index is -4.64. The second kappa shape index (κ2) is 5.39. The second-order valence-corrected chi connectivity index (χ2v) is 4.92. The number of carbonyl (C=O) groups excluding carboxylic acids is 1. The monoisotopic (exact) mass is 317 g/mol. The molecule has 1 aromatic heterocycles. The summed E-state index contributed by atoms with van der Waals surface area (Å²) >= 11 is 0. The van der Waals surface area contributed by atoms with Crippen molar-refractivity contribution in [1.82, 2.24) is 4.57 Å². The van der Waals surface area contributed by atoms with Crippen molar-refractivity contribution in [3.63, 3.8) is 0 Å². The molecular formula is C17H10F3NO2. The summed E-state index contributed by atoms with van der Waals surface area (Å²) in [5.74, 6) is 0. The molecule has 3 rings (SSSR count). The first kappa shape index (κ1) is 15.0. The molecule has 0 amide bonds. The maximum absolute atomic E-state index is 13.2. The van der Waals surface area contributed by atoms with Crippen molar-refractivity contribution < 1.29 is 18.0 Å². The lowest BCUT2D eigenvalue weighted by Gasteiger charge is -2.16. The van der Waals surface area contributed by atoms with Crippen LogP contribution in [0.2, 0.25) is 0 Å². The summed E-state index contributed by atoms with van der Waals surface area (Å²) in [6.07, 6.45) is -4.07. The molecule has 2 aromatic carbocycles. The van der Waals surface area contributed by atoms with Crippen LogP contribution in [0.5, 0.6) is 0 Å². The summed E-state index contributed by atoms with van der Waals surface area (Å²) in [6.45, 7) is 0. The Kier molecular flexibility index (Phi) is 3.52. The molecule has 0 unspecified atom stereocenters. The first-order chi connectivity index (χ1) is 10.9. The Hall–Kier alpha value is -2.89. The molecule has 3 nitrogen and oxygen atoms in total. The van der Waals surface area contributed by atoms with E-state index < -0.39 is 17.3 Å². The van der Waals surface area contributed by atoms with E-state index in [-0.39, 0.29) is 22.2 Å². The average Bonchev–Trinajstić information content (AvgIpc) is 2.53. The number of para-hydroxylation sites is 2. The number of nitrogens with zero attached hydrogens (tertiary/aromatic N) is 1. The molecule has 0 aliphatic carbocycles. The number of alkyl halides is 3. The number of halogens is 3. The molecule has 1 heterocycles. The third kappa shape index (κ3) is 2.52. The van der Waals surface area contributed by atoms with Crippen molar-refractivity contribution >= 4 is 17.2 Å². The molecule has 0 aliphatic heterocycles. The number of hydrogen-bond donors (Lipinski definition) is 0. The van der Waals surface area contributed by atoms with E-state index >= 15 is 0 Å². The molecule has 0 aliphatic rings.